The molecule has 2 aromatic rings. The second-order valence-corrected chi connectivity index (χ2v) is 4.33. The summed E-state index contributed by atoms with van der Waals surface area (Å²) < 4.78 is 13.6. The first kappa shape index (κ1) is 13.7. The summed E-state index contributed by atoms with van der Waals surface area (Å²) in [5.41, 5.74) is 6.70. The molecule has 0 saturated carbocycles. The number of nitrogens with one attached hydrogen (secondary N) is 1. The van der Waals surface area contributed by atoms with Crippen LogP contribution in [0.2, 0.25) is 0 Å². The Morgan fingerprint density at radius 2 is 1.75 bits per heavy atom. The van der Waals surface area contributed by atoms with Crippen molar-refractivity contribution in [3.8, 4) is 0 Å². The largest absolute Gasteiger partial charge is 0.399 e. The summed E-state index contributed by atoms with van der Waals surface area (Å²) in [5, 5.41) is 2.59. The summed E-state index contributed by atoms with van der Waals surface area (Å²) >= 11 is 0. The summed E-state index contributed by atoms with van der Waals surface area (Å²) in [6, 6.07) is 10.1. The van der Waals surface area contributed by atoms with Crippen LogP contribution in [0.4, 0.5) is 15.8 Å². The molecule has 5 heteroatoms. The third-order valence-corrected chi connectivity index (χ3v) is 2.70. The van der Waals surface area contributed by atoms with E-state index in [-0.39, 0.29) is 11.5 Å². The number of hydrogen-bond donors (Lipinski definition) is 2. The molecule has 3 N–H and O–H groups in total. The maximum atomic E-state index is 13.6. The number of carbonyl (C=O) groups is 2. The zero-order chi connectivity index (χ0) is 14.7. The first-order valence-electron chi connectivity index (χ1n) is 5.95. The highest BCUT2D eigenvalue weighted by Crippen LogP contribution is 2.18. The second-order valence-electron chi connectivity index (χ2n) is 4.33. The van der Waals surface area contributed by atoms with Gasteiger partial charge in [0, 0.05) is 23.9 Å². The Balaban J connectivity index is 2.29. The van der Waals surface area contributed by atoms with Crippen LogP contribution in [0.5, 0.6) is 0 Å². The predicted molar refractivity (Wildman–Crippen MR) is 75.0 cm³/mol. The van der Waals surface area contributed by atoms with Crippen LogP contribution in [0.1, 0.15) is 22.8 Å². The number of carbonyl (C=O) groups excluding carboxylic acids is 2. The van der Waals surface area contributed by atoms with E-state index in [0.717, 1.165) is 6.07 Å². The van der Waals surface area contributed by atoms with Gasteiger partial charge in [0.1, 0.15) is 5.82 Å². The summed E-state index contributed by atoms with van der Waals surface area (Å²) in [6.45, 7) is 1.39. The first-order chi connectivity index (χ1) is 9.47. The van der Waals surface area contributed by atoms with Crippen LogP contribution in [0.25, 0.3) is 0 Å². The Labute approximate surface area is 115 Å². The molecule has 0 radical (unpaired) electrons. The van der Waals surface area contributed by atoms with Gasteiger partial charge < -0.3 is 11.1 Å². The van der Waals surface area contributed by atoms with Crippen LogP contribution >= 0.6 is 0 Å². The van der Waals surface area contributed by atoms with Gasteiger partial charge in [0.25, 0.3) is 0 Å². The van der Waals surface area contributed by atoms with Gasteiger partial charge >= 0.3 is 0 Å². The van der Waals surface area contributed by atoms with Gasteiger partial charge in [0.05, 0.1) is 5.56 Å². The molecule has 0 fully saturated rings. The highest BCUT2D eigenvalue weighted by Gasteiger charge is 2.14. The molecule has 0 unspecified atom stereocenters. The van der Waals surface area contributed by atoms with E-state index in [1.54, 1.807) is 12.1 Å². The monoisotopic (exact) mass is 272 g/mol. The quantitative estimate of drug-likeness (QED) is 0.666. The van der Waals surface area contributed by atoms with Gasteiger partial charge in [-0.1, -0.05) is 0 Å². The lowest BCUT2D eigenvalue weighted by atomic mass is 10.0. The van der Waals surface area contributed by atoms with Crippen LogP contribution in [0, 0.1) is 5.82 Å². The summed E-state index contributed by atoms with van der Waals surface area (Å²) in [5.74, 6) is -1.27. The van der Waals surface area contributed by atoms with E-state index in [2.05, 4.69) is 5.32 Å². The molecule has 0 aliphatic carbocycles. The van der Waals surface area contributed by atoms with E-state index in [1.807, 2.05) is 0 Å². The smallest absolute Gasteiger partial charge is 0.221 e. The average molecular weight is 272 g/mol. The standard InChI is InChI=1S/C15H13FN2O2/c1-9(19)18-12-5-2-10(3-6-12)15(20)13-8-11(17)4-7-14(13)16/h2-8H,17H2,1H3,(H,18,19). The Morgan fingerprint density at radius 1 is 1.10 bits per heavy atom. The SMILES string of the molecule is CC(=O)Nc1ccc(C(=O)c2cc(N)ccc2F)cc1. The van der Waals surface area contributed by atoms with Crippen LogP contribution in [-0.4, -0.2) is 11.7 Å². The predicted octanol–water partition coefficient (Wildman–Crippen LogP) is 2.60. The topological polar surface area (TPSA) is 72.2 Å². The lowest BCUT2D eigenvalue weighted by Gasteiger charge is -2.06. The molecule has 0 aromatic heterocycles. The molecule has 0 heterocycles. The average Bonchev–Trinajstić information content (AvgIpc) is 2.41. The number of nitrogens with two attached hydrogens (primary N) is 1. The number of halogens is 1. The molecule has 0 bridgehead atoms. The first-order valence-corrected chi connectivity index (χ1v) is 5.95. The Kier molecular flexibility index (Phi) is 3.79. The van der Waals surface area contributed by atoms with Crippen LogP contribution in [0.3, 0.4) is 0 Å². The van der Waals surface area contributed by atoms with Crippen LogP contribution in [-0.2, 0) is 4.79 Å². The third-order valence-electron chi connectivity index (χ3n) is 2.70. The van der Waals surface area contributed by atoms with Crippen LogP contribution < -0.4 is 11.1 Å². The molecule has 0 atom stereocenters. The van der Waals surface area contributed by atoms with Crippen molar-refractivity contribution in [2.75, 3.05) is 11.1 Å². The van der Waals surface area contributed by atoms with Gasteiger partial charge in [-0.25, -0.2) is 4.39 Å². The molecule has 2 aromatic carbocycles. The number of nitrogen functional groups attached to an aromatic ring is 1. The van der Waals surface area contributed by atoms with Crippen molar-refractivity contribution >= 4 is 23.1 Å². The summed E-state index contributed by atoms with van der Waals surface area (Å²) in [4.78, 5) is 23.1. The highest BCUT2D eigenvalue weighted by atomic mass is 19.1. The van der Waals surface area contributed by atoms with Gasteiger partial charge in [-0.15, -0.1) is 0 Å². The fourth-order valence-electron chi connectivity index (χ4n) is 1.78. The van der Waals surface area contributed by atoms with Crippen molar-refractivity contribution in [2.24, 2.45) is 0 Å². The van der Waals surface area contributed by atoms with Gasteiger partial charge in [-0.05, 0) is 42.5 Å². The molecule has 4 nitrogen and oxygen atoms in total. The normalized spacial score (nSPS) is 10.1. The Morgan fingerprint density at radius 3 is 2.35 bits per heavy atom. The van der Waals surface area contributed by atoms with E-state index >= 15 is 0 Å². The van der Waals surface area contributed by atoms with Crippen molar-refractivity contribution in [3.05, 3.63) is 59.4 Å². The van der Waals surface area contributed by atoms with Crippen molar-refractivity contribution in [3.63, 3.8) is 0 Å². The minimum absolute atomic E-state index is 0.0720. The molecule has 0 aliphatic rings. The fraction of sp³-hybridized carbons (Fsp3) is 0.0667. The van der Waals surface area contributed by atoms with Crippen LogP contribution in [0.15, 0.2) is 42.5 Å². The van der Waals surface area contributed by atoms with E-state index in [0.29, 0.717) is 16.9 Å². The minimum Gasteiger partial charge on any atom is -0.399 e. The summed E-state index contributed by atoms with van der Waals surface area (Å²) in [7, 11) is 0. The fourth-order valence-corrected chi connectivity index (χ4v) is 1.78. The number of benzene rings is 2. The maximum Gasteiger partial charge on any atom is 0.221 e. The molecule has 2 rings (SSSR count). The van der Waals surface area contributed by atoms with Gasteiger partial charge in [-0.2, -0.15) is 0 Å². The number of amides is 1. The van der Waals surface area contributed by atoms with Crippen molar-refractivity contribution < 1.29 is 14.0 Å². The Hall–Kier alpha value is -2.69. The number of ketones is 1. The molecular formula is C15H13FN2O2. The highest BCUT2D eigenvalue weighted by molar-refractivity contribution is 6.09. The molecule has 20 heavy (non-hydrogen) atoms. The van der Waals surface area contributed by atoms with Gasteiger partial charge in [0.2, 0.25) is 5.91 Å². The van der Waals surface area contributed by atoms with E-state index < -0.39 is 11.6 Å². The minimum atomic E-state index is -0.616. The molecule has 0 spiro atoms. The van der Waals surface area contributed by atoms with Crippen molar-refractivity contribution in [1.29, 1.82) is 0 Å². The molecular weight excluding hydrogens is 259 g/mol. The maximum absolute atomic E-state index is 13.6. The van der Waals surface area contributed by atoms with E-state index in [9.17, 15) is 14.0 Å². The molecule has 102 valence electrons. The second kappa shape index (κ2) is 5.52. The third kappa shape index (κ3) is 3.00. The lowest BCUT2D eigenvalue weighted by Crippen LogP contribution is -2.07. The number of hydrogen-bond acceptors (Lipinski definition) is 3. The zero-order valence-corrected chi connectivity index (χ0v) is 10.8. The zero-order valence-electron chi connectivity index (χ0n) is 10.8. The van der Waals surface area contributed by atoms with E-state index in [4.69, 9.17) is 5.73 Å². The number of rotatable bonds is 3. The van der Waals surface area contributed by atoms with Gasteiger partial charge in [0.15, 0.2) is 5.78 Å². The Bertz CT molecular complexity index is 666. The summed E-state index contributed by atoms with van der Waals surface area (Å²) in [6.07, 6.45) is 0. The number of anilines is 2. The van der Waals surface area contributed by atoms with Gasteiger partial charge in [-0.3, -0.25) is 9.59 Å². The molecule has 0 saturated heterocycles. The lowest BCUT2D eigenvalue weighted by molar-refractivity contribution is -0.114. The molecule has 0 aliphatic heterocycles. The van der Waals surface area contributed by atoms with Crippen molar-refractivity contribution in [1.82, 2.24) is 0 Å². The van der Waals surface area contributed by atoms with Crippen molar-refractivity contribution in [2.45, 2.75) is 6.92 Å². The molecule has 1 amide bonds. The van der Waals surface area contributed by atoms with E-state index in [1.165, 1.54) is 31.2 Å².